The van der Waals surface area contributed by atoms with Gasteiger partial charge in [-0.1, -0.05) is 61.9 Å². The fourth-order valence-corrected chi connectivity index (χ4v) is 5.27. The fraction of sp³-hybridized carbons (Fsp3) is 0.464. The standard InChI is InChI=1S/C28H34N2O5/c1-18(26(31)30-20-10-6-9-19(16-20)27(32)33)8-7-15-29-28(34)35-17-25-23-13-4-2-11-21(23)22-12-3-5-14-24(22)25/h2-5,11-14,18-20,25H,6-10,15-17H2,1H3,(H,29,34)(H,30,31)(H,32,33)/t18?,19-,20+/m0/s1. The number of carbonyl (C=O) groups excluding carboxylic acids is 2. The van der Waals surface area contributed by atoms with E-state index in [0.29, 0.717) is 32.2 Å². The highest BCUT2D eigenvalue weighted by molar-refractivity contribution is 5.79. The van der Waals surface area contributed by atoms with Crippen LogP contribution in [0.5, 0.6) is 0 Å². The largest absolute Gasteiger partial charge is 0.481 e. The van der Waals surface area contributed by atoms with Crippen LogP contribution in [0.1, 0.15) is 62.5 Å². The summed E-state index contributed by atoms with van der Waals surface area (Å²) in [7, 11) is 0. The number of fused-ring (bicyclic) bond motifs is 3. The van der Waals surface area contributed by atoms with Gasteiger partial charge in [0.1, 0.15) is 6.61 Å². The normalized spacial score (nSPS) is 19.8. The molecule has 2 aliphatic carbocycles. The first-order valence-corrected chi connectivity index (χ1v) is 12.6. The van der Waals surface area contributed by atoms with E-state index in [1.807, 2.05) is 31.2 Å². The Morgan fingerprint density at radius 3 is 2.34 bits per heavy atom. The van der Waals surface area contributed by atoms with Gasteiger partial charge in [0.15, 0.2) is 0 Å². The minimum absolute atomic E-state index is 0.0254. The summed E-state index contributed by atoms with van der Waals surface area (Å²) in [5, 5.41) is 15.0. The van der Waals surface area contributed by atoms with Gasteiger partial charge in [-0.25, -0.2) is 4.79 Å². The van der Waals surface area contributed by atoms with Crippen molar-refractivity contribution in [3.63, 3.8) is 0 Å². The molecule has 3 N–H and O–H groups in total. The third-order valence-electron chi connectivity index (χ3n) is 7.24. The zero-order valence-electron chi connectivity index (χ0n) is 20.2. The monoisotopic (exact) mass is 478 g/mol. The summed E-state index contributed by atoms with van der Waals surface area (Å²) in [5.74, 6) is -1.38. The van der Waals surface area contributed by atoms with Gasteiger partial charge in [0.05, 0.1) is 5.92 Å². The Bertz CT molecular complexity index is 1020. The summed E-state index contributed by atoms with van der Waals surface area (Å²) in [6.07, 6.45) is 3.65. The number of amides is 2. The zero-order chi connectivity index (χ0) is 24.8. The van der Waals surface area contributed by atoms with E-state index in [-0.39, 0.29) is 36.3 Å². The number of nitrogens with one attached hydrogen (secondary N) is 2. The number of rotatable bonds is 9. The van der Waals surface area contributed by atoms with Gasteiger partial charge in [0.25, 0.3) is 0 Å². The molecule has 0 bridgehead atoms. The van der Waals surface area contributed by atoms with Gasteiger partial charge < -0.3 is 20.5 Å². The summed E-state index contributed by atoms with van der Waals surface area (Å²) >= 11 is 0. The Labute approximate surface area is 206 Å². The number of aliphatic carboxylic acids is 1. The van der Waals surface area contributed by atoms with Crippen molar-refractivity contribution < 1.29 is 24.2 Å². The predicted molar refractivity (Wildman–Crippen MR) is 133 cm³/mol. The number of alkyl carbamates (subject to hydrolysis) is 1. The van der Waals surface area contributed by atoms with Gasteiger partial charge in [-0.2, -0.15) is 0 Å². The second-order valence-electron chi connectivity index (χ2n) is 9.70. The van der Waals surface area contributed by atoms with Crippen molar-refractivity contribution in [2.75, 3.05) is 13.2 Å². The van der Waals surface area contributed by atoms with E-state index in [1.165, 1.54) is 22.3 Å². The summed E-state index contributed by atoms with van der Waals surface area (Å²) in [6, 6.07) is 16.4. The maximum absolute atomic E-state index is 12.5. The lowest BCUT2D eigenvalue weighted by Crippen LogP contribution is -2.42. The van der Waals surface area contributed by atoms with Gasteiger partial charge in [-0.3, -0.25) is 9.59 Å². The number of benzene rings is 2. The van der Waals surface area contributed by atoms with Crippen molar-refractivity contribution in [1.29, 1.82) is 0 Å². The molecule has 1 fully saturated rings. The van der Waals surface area contributed by atoms with E-state index < -0.39 is 12.1 Å². The Morgan fingerprint density at radius 1 is 1.03 bits per heavy atom. The van der Waals surface area contributed by atoms with Crippen LogP contribution >= 0.6 is 0 Å². The lowest BCUT2D eigenvalue weighted by molar-refractivity contribution is -0.143. The Morgan fingerprint density at radius 2 is 1.69 bits per heavy atom. The molecule has 0 aromatic heterocycles. The van der Waals surface area contributed by atoms with Gasteiger partial charge in [0.2, 0.25) is 5.91 Å². The summed E-state index contributed by atoms with van der Waals surface area (Å²) in [6.45, 7) is 2.57. The lowest BCUT2D eigenvalue weighted by atomic mass is 9.85. The number of hydrogen-bond donors (Lipinski definition) is 3. The average molecular weight is 479 g/mol. The highest BCUT2D eigenvalue weighted by Crippen LogP contribution is 2.44. The second-order valence-corrected chi connectivity index (χ2v) is 9.70. The molecule has 7 nitrogen and oxygen atoms in total. The number of carbonyl (C=O) groups is 3. The van der Waals surface area contributed by atoms with Gasteiger partial charge >= 0.3 is 12.1 Å². The molecule has 2 aliphatic rings. The van der Waals surface area contributed by atoms with Crippen LogP contribution in [0.15, 0.2) is 48.5 Å². The summed E-state index contributed by atoms with van der Waals surface area (Å²) < 4.78 is 5.55. The molecule has 0 spiro atoms. The number of hydrogen-bond acceptors (Lipinski definition) is 4. The fourth-order valence-electron chi connectivity index (χ4n) is 5.27. The first-order chi connectivity index (χ1) is 16.9. The molecule has 0 aliphatic heterocycles. The van der Waals surface area contributed by atoms with Crippen molar-refractivity contribution >= 4 is 18.0 Å². The highest BCUT2D eigenvalue weighted by Gasteiger charge is 2.30. The minimum atomic E-state index is -0.781. The van der Waals surface area contributed by atoms with Crippen LogP contribution in [-0.2, 0) is 14.3 Å². The molecule has 2 amide bonds. The lowest BCUT2D eigenvalue weighted by Gasteiger charge is -2.28. The van der Waals surface area contributed by atoms with Crippen LogP contribution in [-0.4, -0.2) is 42.3 Å². The number of carboxylic acid groups (broad SMARTS) is 1. The third-order valence-corrected chi connectivity index (χ3v) is 7.24. The van der Waals surface area contributed by atoms with E-state index >= 15 is 0 Å². The van der Waals surface area contributed by atoms with E-state index in [2.05, 4.69) is 34.9 Å². The quantitative estimate of drug-likeness (QED) is 0.453. The number of ether oxygens (including phenoxy) is 1. The van der Waals surface area contributed by atoms with E-state index in [9.17, 15) is 19.5 Å². The average Bonchev–Trinajstić information content (AvgIpc) is 3.19. The third kappa shape index (κ3) is 6.02. The van der Waals surface area contributed by atoms with E-state index in [0.717, 1.165) is 12.8 Å². The number of carboxylic acids is 1. The maximum Gasteiger partial charge on any atom is 0.407 e. The molecule has 0 heterocycles. The SMILES string of the molecule is CC(CCCNC(=O)OCC1c2ccccc2-c2ccccc21)C(=O)N[C@@H]1CCC[C@H](C(=O)O)C1. The molecule has 1 unspecified atom stereocenters. The topological polar surface area (TPSA) is 105 Å². The summed E-state index contributed by atoms with van der Waals surface area (Å²) in [5.41, 5.74) is 4.73. The molecular weight excluding hydrogens is 444 g/mol. The predicted octanol–water partition coefficient (Wildman–Crippen LogP) is 4.70. The van der Waals surface area contributed by atoms with Crippen LogP contribution in [0.25, 0.3) is 11.1 Å². The van der Waals surface area contributed by atoms with Gasteiger partial charge in [-0.05, 0) is 54.4 Å². The molecule has 4 rings (SSSR count). The molecule has 35 heavy (non-hydrogen) atoms. The maximum atomic E-state index is 12.5. The van der Waals surface area contributed by atoms with Crippen LogP contribution < -0.4 is 10.6 Å². The van der Waals surface area contributed by atoms with Crippen molar-refractivity contribution in [2.24, 2.45) is 11.8 Å². The van der Waals surface area contributed by atoms with Crippen molar-refractivity contribution in [1.82, 2.24) is 10.6 Å². The smallest absolute Gasteiger partial charge is 0.407 e. The van der Waals surface area contributed by atoms with Crippen LogP contribution in [0.4, 0.5) is 4.79 Å². The minimum Gasteiger partial charge on any atom is -0.481 e. The van der Waals surface area contributed by atoms with E-state index in [1.54, 1.807) is 0 Å². The van der Waals surface area contributed by atoms with Gasteiger partial charge in [-0.15, -0.1) is 0 Å². The molecule has 3 atom stereocenters. The first-order valence-electron chi connectivity index (χ1n) is 12.6. The Balaban J connectivity index is 1.16. The van der Waals surface area contributed by atoms with E-state index in [4.69, 9.17) is 4.74 Å². The van der Waals surface area contributed by atoms with Crippen molar-refractivity contribution in [3.8, 4) is 11.1 Å². The first kappa shape index (κ1) is 24.8. The molecular formula is C28H34N2O5. The molecule has 186 valence electrons. The Kier molecular flexibility index (Phi) is 8.06. The van der Waals surface area contributed by atoms with Crippen LogP contribution in [0, 0.1) is 11.8 Å². The molecule has 0 saturated heterocycles. The second kappa shape index (κ2) is 11.4. The molecule has 2 aromatic rings. The van der Waals surface area contributed by atoms with Crippen LogP contribution in [0.3, 0.4) is 0 Å². The van der Waals surface area contributed by atoms with Crippen molar-refractivity contribution in [2.45, 2.75) is 57.4 Å². The highest BCUT2D eigenvalue weighted by atomic mass is 16.5. The zero-order valence-corrected chi connectivity index (χ0v) is 20.2. The van der Waals surface area contributed by atoms with Crippen molar-refractivity contribution in [3.05, 3.63) is 59.7 Å². The van der Waals surface area contributed by atoms with Crippen LogP contribution in [0.2, 0.25) is 0 Å². The Hall–Kier alpha value is -3.35. The van der Waals surface area contributed by atoms with Gasteiger partial charge in [0, 0.05) is 24.4 Å². The molecule has 1 saturated carbocycles. The molecule has 2 aromatic carbocycles. The molecule has 0 radical (unpaired) electrons. The summed E-state index contributed by atoms with van der Waals surface area (Å²) in [4.78, 5) is 36.0. The molecule has 7 heteroatoms.